The SMILES string of the molecule is Cc1cc(C(=O)Nc2ccccc2)cc(C)c1N1C[C@@H](Cc2ccccc2F)C[C@@H](C)C1=O. The van der Waals surface area contributed by atoms with Gasteiger partial charge in [-0.05, 0) is 79.6 Å². The van der Waals surface area contributed by atoms with Crippen molar-refractivity contribution in [3.8, 4) is 0 Å². The van der Waals surface area contributed by atoms with Gasteiger partial charge in [0.05, 0.1) is 0 Å². The highest BCUT2D eigenvalue weighted by molar-refractivity contribution is 6.05. The summed E-state index contributed by atoms with van der Waals surface area (Å²) in [5, 5.41) is 2.91. The van der Waals surface area contributed by atoms with Gasteiger partial charge in [0.2, 0.25) is 5.91 Å². The highest BCUT2D eigenvalue weighted by Crippen LogP contribution is 2.34. The van der Waals surface area contributed by atoms with Crippen LogP contribution in [0.3, 0.4) is 0 Å². The van der Waals surface area contributed by atoms with E-state index >= 15 is 0 Å². The quantitative estimate of drug-likeness (QED) is 0.531. The first-order chi connectivity index (χ1) is 15.8. The van der Waals surface area contributed by atoms with Gasteiger partial charge in [-0.2, -0.15) is 0 Å². The van der Waals surface area contributed by atoms with Crippen LogP contribution < -0.4 is 10.2 Å². The van der Waals surface area contributed by atoms with Gasteiger partial charge in [-0.3, -0.25) is 9.59 Å². The van der Waals surface area contributed by atoms with E-state index in [4.69, 9.17) is 0 Å². The smallest absolute Gasteiger partial charge is 0.255 e. The summed E-state index contributed by atoms with van der Waals surface area (Å²) >= 11 is 0. The van der Waals surface area contributed by atoms with E-state index in [0.717, 1.165) is 28.9 Å². The molecule has 2 atom stereocenters. The van der Waals surface area contributed by atoms with Gasteiger partial charge in [-0.1, -0.05) is 43.3 Å². The lowest BCUT2D eigenvalue weighted by Crippen LogP contribution is -2.46. The lowest BCUT2D eigenvalue weighted by atomic mass is 9.84. The number of para-hydroxylation sites is 1. The normalized spacial score (nSPS) is 18.3. The molecule has 1 heterocycles. The molecule has 3 aromatic carbocycles. The molecule has 1 saturated heterocycles. The number of benzene rings is 3. The molecule has 3 aromatic rings. The molecule has 0 aromatic heterocycles. The molecule has 0 saturated carbocycles. The number of rotatable bonds is 5. The van der Waals surface area contributed by atoms with Crippen molar-refractivity contribution in [2.24, 2.45) is 11.8 Å². The number of piperidine rings is 1. The van der Waals surface area contributed by atoms with Crippen LogP contribution in [-0.4, -0.2) is 18.4 Å². The highest BCUT2D eigenvalue weighted by atomic mass is 19.1. The van der Waals surface area contributed by atoms with E-state index in [1.54, 1.807) is 6.07 Å². The largest absolute Gasteiger partial charge is 0.322 e. The average molecular weight is 445 g/mol. The van der Waals surface area contributed by atoms with Gasteiger partial charge in [0.25, 0.3) is 5.91 Å². The van der Waals surface area contributed by atoms with Crippen molar-refractivity contribution in [2.45, 2.75) is 33.6 Å². The molecule has 1 N–H and O–H groups in total. The third-order valence-electron chi connectivity index (χ3n) is 6.34. The molecule has 2 amide bonds. The molecule has 0 bridgehead atoms. The van der Waals surface area contributed by atoms with Gasteiger partial charge < -0.3 is 10.2 Å². The number of nitrogens with zero attached hydrogens (tertiary/aromatic N) is 1. The second-order valence-electron chi connectivity index (χ2n) is 9.03. The first-order valence-electron chi connectivity index (χ1n) is 11.4. The van der Waals surface area contributed by atoms with Crippen LogP contribution in [-0.2, 0) is 11.2 Å². The summed E-state index contributed by atoms with van der Waals surface area (Å²) in [5.74, 6) is -0.290. The van der Waals surface area contributed by atoms with Crippen molar-refractivity contribution in [2.75, 3.05) is 16.8 Å². The number of aryl methyl sites for hydroxylation is 2. The Morgan fingerprint density at radius 2 is 1.67 bits per heavy atom. The Bertz CT molecular complexity index is 1150. The van der Waals surface area contributed by atoms with Crippen LogP contribution in [0.1, 0.15) is 40.4 Å². The first-order valence-corrected chi connectivity index (χ1v) is 11.4. The van der Waals surface area contributed by atoms with E-state index in [-0.39, 0.29) is 29.5 Å². The summed E-state index contributed by atoms with van der Waals surface area (Å²) in [7, 11) is 0. The third kappa shape index (κ3) is 4.98. The van der Waals surface area contributed by atoms with Gasteiger partial charge in [0.1, 0.15) is 5.82 Å². The number of halogens is 1. The van der Waals surface area contributed by atoms with Crippen LogP contribution in [0.25, 0.3) is 0 Å². The van der Waals surface area contributed by atoms with E-state index in [1.165, 1.54) is 6.07 Å². The molecule has 4 nitrogen and oxygen atoms in total. The molecule has 0 radical (unpaired) electrons. The van der Waals surface area contributed by atoms with Gasteiger partial charge in [0.15, 0.2) is 0 Å². The minimum atomic E-state index is -0.199. The summed E-state index contributed by atoms with van der Waals surface area (Å²) in [5.41, 5.74) is 4.57. The van der Waals surface area contributed by atoms with Crippen LogP contribution in [0.2, 0.25) is 0 Å². The molecule has 5 heteroatoms. The number of amides is 2. The van der Waals surface area contributed by atoms with Crippen LogP contribution in [0, 0.1) is 31.5 Å². The van der Waals surface area contributed by atoms with E-state index in [2.05, 4.69) is 5.32 Å². The van der Waals surface area contributed by atoms with Gasteiger partial charge in [-0.25, -0.2) is 4.39 Å². The summed E-state index contributed by atoms with van der Waals surface area (Å²) < 4.78 is 14.2. The Balaban J connectivity index is 1.58. The van der Waals surface area contributed by atoms with E-state index in [0.29, 0.717) is 24.1 Å². The molecule has 0 aliphatic carbocycles. The Labute approximate surface area is 194 Å². The molecule has 0 spiro atoms. The summed E-state index contributed by atoms with van der Waals surface area (Å²) in [6.45, 7) is 6.34. The Morgan fingerprint density at radius 3 is 2.33 bits per heavy atom. The fraction of sp³-hybridized carbons (Fsp3) is 0.286. The fourth-order valence-electron chi connectivity index (χ4n) is 4.85. The Kier molecular flexibility index (Phi) is 6.59. The molecule has 170 valence electrons. The summed E-state index contributed by atoms with van der Waals surface area (Å²) in [6, 6.07) is 19.8. The van der Waals surface area contributed by atoms with Crippen molar-refractivity contribution in [1.29, 1.82) is 0 Å². The molecule has 1 aliphatic rings. The number of hydrogen-bond acceptors (Lipinski definition) is 2. The third-order valence-corrected chi connectivity index (χ3v) is 6.34. The predicted molar refractivity (Wildman–Crippen MR) is 130 cm³/mol. The monoisotopic (exact) mass is 444 g/mol. The van der Waals surface area contributed by atoms with E-state index in [1.807, 2.05) is 80.3 Å². The molecule has 33 heavy (non-hydrogen) atoms. The number of nitrogens with one attached hydrogen (secondary N) is 1. The fourth-order valence-corrected chi connectivity index (χ4v) is 4.85. The Morgan fingerprint density at radius 1 is 1.03 bits per heavy atom. The molecule has 1 fully saturated rings. The number of carbonyl (C=O) groups is 2. The topological polar surface area (TPSA) is 49.4 Å². The lowest BCUT2D eigenvalue weighted by Gasteiger charge is -2.38. The Hall–Kier alpha value is -3.47. The van der Waals surface area contributed by atoms with Gasteiger partial charge >= 0.3 is 0 Å². The zero-order valence-corrected chi connectivity index (χ0v) is 19.3. The zero-order valence-electron chi connectivity index (χ0n) is 19.3. The summed E-state index contributed by atoms with van der Waals surface area (Å²) in [4.78, 5) is 27.7. The number of anilines is 2. The van der Waals surface area contributed by atoms with Crippen LogP contribution >= 0.6 is 0 Å². The number of carbonyl (C=O) groups excluding carboxylic acids is 2. The maximum absolute atomic E-state index is 14.2. The molecule has 0 unspecified atom stereocenters. The van der Waals surface area contributed by atoms with Crippen molar-refractivity contribution >= 4 is 23.2 Å². The van der Waals surface area contributed by atoms with Crippen LogP contribution in [0.15, 0.2) is 66.7 Å². The number of hydrogen-bond donors (Lipinski definition) is 1. The predicted octanol–water partition coefficient (Wildman–Crippen LogP) is 5.93. The second kappa shape index (κ2) is 9.57. The highest BCUT2D eigenvalue weighted by Gasteiger charge is 2.34. The first kappa shape index (κ1) is 22.7. The van der Waals surface area contributed by atoms with Crippen LogP contribution in [0.5, 0.6) is 0 Å². The minimum Gasteiger partial charge on any atom is -0.322 e. The van der Waals surface area contributed by atoms with Crippen molar-refractivity contribution in [3.05, 3.63) is 94.8 Å². The molecular formula is C28H29FN2O2. The summed E-state index contributed by atoms with van der Waals surface area (Å²) in [6.07, 6.45) is 1.33. The van der Waals surface area contributed by atoms with E-state index < -0.39 is 0 Å². The van der Waals surface area contributed by atoms with Crippen LogP contribution in [0.4, 0.5) is 15.8 Å². The second-order valence-corrected chi connectivity index (χ2v) is 9.03. The van der Waals surface area contributed by atoms with Gasteiger partial charge in [0, 0.05) is 29.4 Å². The maximum Gasteiger partial charge on any atom is 0.255 e. The van der Waals surface area contributed by atoms with E-state index in [9.17, 15) is 14.0 Å². The standard InChI is InChI=1S/C28H29FN2O2/c1-18-14-23(27(32)30-24-10-5-4-6-11-24)15-19(2)26(18)31-17-21(13-20(3)28(31)33)16-22-9-7-8-12-25(22)29/h4-12,14-15,20-21H,13,16-17H2,1-3H3,(H,30,32)/t20-,21-/m1/s1. The zero-order chi connectivity index (χ0) is 23.5. The molecule has 1 aliphatic heterocycles. The maximum atomic E-state index is 14.2. The van der Waals surface area contributed by atoms with Crippen molar-refractivity contribution in [3.63, 3.8) is 0 Å². The lowest BCUT2D eigenvalue weighted by molar-refractivity contribution is -0.124. The minimum absolute atomic E-state index is 0.0764. The molecular weight excluding hydrogens is 415 g/mol. The van der Waals surface area contributed by atoms with Crippen molar-refractivity contribution in [1.82, 2.24) is 0 Å². The van der Waals surface area contributed by atoms with Gasteiger partial charge in [-0.15, -0.1) is 0 Å². The van der Waals surface area contributed by atoms with Crippen molar-refractivity contribution < 1.29 is 14.0 Å². The average Bonchev–Trinajstić information content (AvgIpc) is 2.78. The molecule has 4 rings (SSSR count).